The van der Waals surface area contributed by atoms with Gasteiger partial charge in [0.2, 0.25) is 0 Å². The van der Waals surface area contributed by atoms with Crippen molar-refractivity contribution in [1.82, 2.24) is 5.32 Å². The summed E-state index contributed by atoms with van der Waals surface area (Å²) in [6.45, 7) is 3.72. The maximum absolute atomic E-state index is 13.4. The fraction of sp³-hybridized carbons (Fsp3) is 0.625. The summed E-state index contributed by atoms with van der Waals surface area (Å²) in [5, 5.41) is 3.31. The van der Waals surface area contributed by atoms with E-state index in [2.05, 4.69) is 12.2 Å². The summed E-state index contributed by atoms with van der Waals surface area (Å²) in [7, 11) is 0. The molecule has 0 heterocycles. The van der Waals surface area contributed by atoms with Crippen molar-refractivity contribution in [2.24, 2.45) is 0 Å². The second-order valence-electron chi connectivity index (χ2n) is 5.25. The lowest BCUT2D eigenvalue weighted by molar-refractivity contribution is -0.0305. The predicted octanol–water partition coefficient (Wildman–Crippen LogP) is 3.83. The summed E-state index contributed by atoms with van der Waals surface area (Å²) in [5.41, 5.74) is 0.937. The minimum atomic E-state index is -0.189. The fourth-order valence-corrected chi connectivity index (χ4v) is 2.66. The van der Waals surface area contributed by atoms with E-state index in [1.807, 2.05) is 6.07 Å². The highest BCUT2D eigenvalue weighted by Crippen LogP contribution is 2.27. The number of hydrogen-bond donors (Lipinski definition) is 1. The number of likely N-dealkylation sites (N-methyl/N-ethyl adjacent to an activating group) is 1. The van der Waals surface area contributed by atoms with E-state index in [1.165, 1.54) is 25.3 Å². The van der Waals surface area contributed by atoms with Gasteiger partial charge in [0.1, 0.15) is 5.82 Å². The Labute approximate surface area is 115 Å². The normalized spacial score (nSPS) is 18.4. The SMILES string of the molecule is CCNCC(OC1CCCCC1)c1cccc(F)c1. The molecule has 0 radical (unpaired) electrons. The molecule has 106 valence electrons. The van der Waals surface area contributed by atoms with Crippen LogP contribution in [0.1, 0.15) is 50.7 Å². The molecule has 1 aliphatic carbocycles. The smallest absolute Gasteiger partial charge is 0.123 e. The summed E-state index contributed by atoms with van der Waals surface area (Å²) in [6.07, 6.45) is 6.39. The Morgan fingerprint density at radius 3 is 2.79 bits per heavy atom. The first kappa shape index (κ1) is 14.5. The van der Waals surface area contributed by atoms with Gasteiger partial charge < -0.3 is 10.1 Å². The minimum Gasteiger partial charge on any atom is -0.369 e. The third kappa shape index (κ3) is 4.59. The van der Waals surface area contributed by atoms with Crippen molar-refractivity contribution in [2.75, 3.05) is 13.1 Å². The van der Waals surface area contributed by atoms with E-state index in [4.69, 9.17) is 4.74 Å². The van der Waals surface area contributed by atoms with Gasteiger partial charge >= 0.3 is 0 Å². The first-order valence-corrected chi connectivity index (χ1v) is 7.41. The molecule has 0 aliphatic heterocycles. The molecule has 1 N–H and O–H groups in total. The van der Waals surface area contributed by atoms with E-state index < -0.39 is 0 Å². The number of benzene rings is 1. The van der Waals surface area contributed by atoms with Crippen molar-refractivity contribution in [3.05, 3.63) is 35.6 Å². The summed E-state index contributed by atoms with van der Waals surface area (Å²) < 4.78 is 19.6. The summed E-state index contributed by atoms with van der Waals surface area (Å²) >= 11 is 0. The molecule has 0 aromatic heterocycles. The Balaban J connectivity index is 2.01. The molecule has 1 unspecified atom stereocenters. The Bertz CT molecular complexity index is 377. The van der Waals surface area contributed by atoms with Gasteiger partial charge in [-0.1, -0.05) is 38.3 Å². The molecule has 1 saturated carbocycles. The van der Waals surface area contributed by atoms with Gasteiger partial charge in [0.15, 0.2) is 0 Å². The van der Waals surface area contributed by atoms with Crippen LogP contribution in [0.3, 0.4) is 0 Å². The van der Waals surface area contributed by atoms with Crippen molar-refractivity contribution in [2.45, 2.75) is 51.2 Å². The second-order valence-corrected chi connectivity index (χ2v) is 5.25. The van der Waals surface area contributed by atoms with Gasteiger partial charge in [0, 0.05) is 6.54 Å². The number of halogens is 1. The van der Waals surface area contributed by atoms with E-state index >= 15 is 0 Å². The molecule has 1 aliphatic rings. The first-order chi connectivity index (χ1) is 9.29. The molecule has 1 aromatic rings. The summed E-state index contributed by atoms with van der Waals surface area (Å²) in [6, 6.07) is 6.78. The van der Waals surface area contributed by atoms with Crippen molar-refractivity contribution in [3.63, 3.8) is 0 Å². The van der Waals surface area contributed by atoms with Crippen LogP contribution >= 0.6 is 0 Å². The van der Waals surface area contributed by atoms with Gasteiger partial charge in [0.05, 0.1) is 12.2 Å². The van der Waals surface area contributed by atoms with Crippen molar-refractivity contribution < 1.29 is 9.13 Å². The predicted molar refractivity (Wildman–Crippen MR) is 75.6 cm³/mol. The number of nitrogens with one attached hydrogen (secondary N) is 1. The van der Waals surface area contributed by atoms with Crippen LogP contribution in [-0.4, -0.2) is 19.2 Å². The number of rotatable bonds is 6. The maximum Gasteiger partial charge on any atom is 0.123 e. The van der Waals surface area contributed by atoms with E-state index in [-0.39, 0.29) is 11.9 Å². The maximum atomic E-state index is 13.4. The van der Waals surface area contributed by atoms with Crippen LogP contribution in [0.2, 0.25) is 0 Å². The first-order valence-electron chi connectivity index (χ1n) is 7.41. The molecule has 0 spiro atoms. The lowest BCUT2D eigenvalue weighted by Crippen LogP contribution is -2.28. The molecule has 0 bridgehead atoms. The number of hydrogen-bond acceptors (Lipinski definition) is 2. The topological polar surface area (TPSA) is 21.3 Å². The minimum absolute atomic E-state index is 0.0428. The zero-order chi connectivity index (χ0) is 13.5. The summed E-state index contributed by atoms with van der Waals surface area (Å²) in [5.74, 6) is -0.189. The van der Waals surface area contributed by atoms with Crippen LogP contribution in [0, 0.1) is 5.82 Å². The largest absolute Gasteiger partial charge is 0.369 e. The van der Waals surface area contributed by atoms with Crippen LogP contribution < -0.4 is 5.32 Å². The highest BCUT2D eigenvalue weighted by Gasteiger charge is 2.20. The quantitative estimate of drug-likeness (QED) is 0.844. The molecule has 19 heavy (non-hydrogen) atoms. The van der Waals surface area contributed by atoms with Gasteiger partial charge in [0.25, 0.3) is 0 Å². The third-order valence-electron chi connectivity index (χ3n) is 3.71. The molecule has 1 fully saturated rings. The van der Waals surface area contributed by atoms with Gasteiger partial charge in [-0.3, -0.25) is 0 Å². The lowest BCUT2D eigenvalue weighted by Gasteiger charge is -2.28. The van der Waals surface area contributed by atoms with Gasteiger partial charge in [-0.2, -0.15) is 0 Å². The second kappa shape index (κ2) is 7.61. The monoisotopic (exact) mass is 265 g/mol. The van der Waals surface area contributed by atoms with E-state index in [1.54, 1.807) is 12.1 Å². The van der Waals surface area contributed by atoms with Crippen molar-refractivity contribution in [1.29, 1.82) is 0 Å². The van der Waals surface area contributed by atoms with Crippen molar-refractivity contribution in [3.8, 4) is 0 Å². The molecule has 0 amide bonds. The molecule has 2 nitrogen and oxygen atoms in total. The van der Waals surface area contributed by atoms with Crippen LogP contribution in [-0.2, 0) is 4.74 Å². The Kier molecular flexibility index (Phi) is 5.80. The van der Waals surface area contributed by atoms with Crippen LogP contribution in [0.4, 0.5) is 4.39 Å². The van der Waals surface area contributed by atoms with Crippen molar-refractivity contribution >= 4 is 0 Å². The van der Waals surface area contributed by atoms with Crippen LogP contribution in [0.25, 0.3) is 0 Å². The Hall–Kier alpha value is -0.930. The highest BCUT2D eigenvalue weighted by molar-refractivity contribution is 5.19. The van der Waals surface area contributed by atoms with E-state index in [0.717, 1.165) is 31.5 Å². The average molecular weight is 265 g/mol. The van der Waals surface area contributed by atoms with Gasteiger partial charge in [-0.25, -0.2) is 4.39 Å². The summed E-state index contributed by atoms with van der Waals surface area (Å²) in [4.78, 5) is 0. The van der Waals surface area contributed by atoms with Gasteiger partial charge in [-0.15, -0.1) is 0 Å². The molecule has 1 atom stereocenters. The Morgan fingerprint density at radius 1 is 1.32 bits per heavy atom. The molecule has 3 heteroatoms. The van der Waals surface area contributed by atoms with Gasteiger partial charge in [-0.05, 0) is 37.1 Å². The van der Waals surface area contributed by atoms with E-state index in [9.17, 15) is 4.39 Å². The van der Waals surface area contributed by atoms with E-state index in [0.29, 0.717) is 6.10 Å². The average Bonchev–Trinajstić information content (AvgIpc) is 2.44. The fourth-order valence-electron chi connectivity index (χ4n) is 2.66. The third-order valence-corrected chi connectivity index (χ3v) is 3.71. The molecule has 1 aromatic carbocycles. The molecule has 2 rings (SSSR count). The molecular formula is C16H24FNO. The Morgan fingerprint density at radius 2 is 2.11 bits per heavy atom. The zero-order valence-corrected chi connectivity index (χ0v) is 11.7. The van der Waals surface area contributed by atoms with Crippen LogP contribution in [0.5, 0.6) is 0 Å². The number of ether oxygens (including phenoxy) is 1. The highest BCUT2D eigenvalue weighted by atomic mass is 19.1. The molecular weight excluding hydrogens is 241 g/mol. The van der Waals surface area contributed by atoms with Crippen LogP contribution in [0.15, 0.2) is 24.3 Å². The lowest BCUT2D eigenvalue weighted by atomic mass is 9.97. The standard InChI is InChI=1S/C16H24FNO/c1-2-18-12-16(13-7-6-8-14(17)11-13)19-15-9-4-3-5-10-15/h6-8,11,15-16,18H,2-5,9-10,12H2,1H3. The molecule has 0 saturated heterocycles. The zero-order valence-electron chi connectivity index (χ0n) is 11.7.